The first kappa shape index (κ1) is 15.7. The molecule has 2 rings (SSSR count). The Hall–Kier alpha value is -1.66. The van der Waals surface area contributed by atoms with Gasteiger partial charge in [-0.05, 0) is 30.7 Å². The largest absolute Gasteiger partial charge is 0.480 e. The van der Waals surface area contributed by atoms with Crippen LogP contribution in [0, 0.1) is 12.8 Å². The van der Waals surface area contributed by atoms with Crippen molar-refractivity contribution in [3.63, 3.8) is 0 Å². The highest BCUT2D eigenvalue weighted by Crippen LogP contribution is 2.25. The fourth-order valence-electron chi connectivity index (χ4n) is 2.06. The van der Waals surface area contributed by atoms with E-state index in [1.54, 1.807) is 11.3 Å². The van der Waals surface area contributed by atoms with Crippen LogP contribution in [0.25, 0.3) is 10.8 Å². The van der Waals surface area contributed by atoms with Crippen molar-refractivity contribution in [3.05, 3.63) is 29.0 Å². The fourth-order valence-corrected chi connectivity index (χ4v) is 2.71. The van der Waals surface area contributed by atoms with Crippen molar-refractivity contribution in [3.8, 4) is 10.8 Å². The monoisotopic (exact) mass is 308 g/mol. The van der Waals surface area contributed by atoms with Crippen LogP contribution in [0.1, 0.15) is 31.7 Å². The van der Waals surface area contributed by atoms with E-state index in [2.05, 4.69) is 10.3 Å². The predicted molar refractivity (Wildman–Crippen MR) is 82.3 cm³/mol. The van der Waals surface area contributed by atoms with E-state index in [4.69, 9.17) is 4.42 Å². The Morgan fingerprint density at radius 3 is 2.86 bits per heavy atom. The summed E-state index contributed by atoms with van der Waals surface area (Å²) < 4.78 is 5.64. The summed E-state index contributed by atoms with van der Waals surface area (Å²) in [6.45, 7) is 6.26. The Morgan fingerprint density at radius 1 is 1.52 bits per heavy atom. The number of aromatic nitrogens is 1. The second-order valence-corrected chi connectivity index (χ2v) is 6.35. The normalized spacial score (nSPS) is 12.8. The van der Waals surface area contributed by atoms with Gasteiger partial charge in [0.05, 0.1) is 10.6 Å². The first-order valence-corrected chi connectivity index (χ1v) is 7.81. The SMILES string of the molecule is Cc1oc(-c2cccs2)nc1CNC(CC(C)C)C(=O)O. The van der Waals surface area contributed by atoms with Gasteiger partial charge in [0.25, 0.3) is 0 Å². The molecule has 2 aromatic heterocycles. The van der Waals surface area contributed by atoms with Crippen molar-refractivity contribution < 1.29 is 14.3 Å². The van der Waals surface area contributed by atoms with Crippen LogP contribution >= 0.6 is 11.3 Å². The average molecular weight is 308 g/mol. The highest BCUT2D eigenvalue weighted by molar-refractivity contribution is 7.13. The number of nitrogens with zero attached hydrogens (tertiary/aromatic N) is 1. The van der Waals surface area contributed by atoms with E-state index in [-0.39, 0.29) is 0 Å². The first-order valence-electron chi connectivity index (χ1n) is 6.93. The zero-order valence-electron chi connectivity index (χ0n) is 12.4. The molecule has 0 aliphatic carbocycles. The van der Waals surface area contributed by atoms with Crippen LogP contribution in [0.4, 0.5) is 0 Å². The summed E-state index contributed by atoms with van der Waals surface area (Å²) in [4.78, 5) is 16.7. The Bertz CT molecular complexity index is 590. The summed E-state index contributed by atoms with van der Waals surface area (Å²) >= 11 is 1.56. The van der Waals surface area contributed by atoms with Gasteiger partial charge in [-0.1, -0.05) is 19.9 Å². The molecule has 0 aliphatic heterocycles. The van der Waals surface area contributed by atoms with Crippen LogP contribution in [0.2, 0.25) is 0 Å². The number of nitrogens with one attached hydrogen (secondary N) is 1. The van der Waals surface area contributed by atoms with Crippen LogP contribution in [-0.4, -0.2) is 22.1 Å². The van der Waals surface area contributed by atoms with Gasteiger partial charge >= 0.3 is 5.97 Å². The van der Waals surface area contributed by atoms with Gasteiger partial charge in [-0.2, -0.15) is 0 Å². The number of rotatable bonds is 7. The maximum Gasteiger partial charge on any atom is 0.320 e. The quantitative estimate of drug-likeness (QED) is 0.821. The highest BCUT2D eigenvalue weighted by atomic mass is 32.1. The van der Waals surface area contributed by atoms with E-state index < -0.39 is 12.0 Å². The van der Waals surface area contributed by atoms with Gasteiger partial charge in [0, 0.05) is 6.54 Å². The number of hydrogen-bond acceptors (Lipinski definition) is 5. The van der Waals surface area contributed by atoms with Crippen molar-refractivity contribution in [2.45, 2.75) is 39.8 Å². The van der Waals surface area contributed by atoms with Crippen molar-refractivity contribution in [1.29, 1.82) is 0 Å². The second-order valence-electron chi connectivity index (χ2n) is 5.40. The van der Waals surface area contributed by atoms with E-state index in [1.165, 1.54) is 0 Å². The van der Waals surface area contributed by atoms with Gasteiger partial charge < -0.3 is 9.52 Å². The van der Waals surface area contributed by atoms with Crippen LogP contribution in [-0.2, 0) is 11.3 Å². The van der Waals surface area contributed by atoms with Crippen LogP contribution in [0.5, 0.6) is 0 Å². The first-order chi connectivity index (χ1) is 9.97. The lowest BCUT2D eigenvalue weighted by molar-refractivity contribution is -0.140. The molecule has 0 saturated carbocycles. The molecule has 2 aromatic rings. The van der Waals surface area contributed by atoms with E-state index in [9.17, 15) is 9.90 Å². The minimum atomic E-state index is -0.830. The minimum Gasteiger partial charge on any atom is -0.480 e. The molecule has 0 aromatic carbocycles. The van der Waals surface area contributed by atoms with Crippen molar-refractivity contribution in [1.82, 2.24) is 10.3 Å². The molecule has 21 heavy (non-hydrogen) atoms. The number of hydrogen-bond donors (Lipinski definition) is 2. The van der Waals surface area contributed by atoms with Crippen LogP contribution in [0.3, 0.4) is 0 Å². The third-order valence-corrected chi connectivity index (χ3v) is 4.00. The fraction of sp³-hybridized carbons (Fsp3) is 0.467. The zero-order chi connectivity index (χ0) is 15.4. The molecule has 6 heteroatoms. The van der Waals surface area contributed by atoms with Gasteiger partial charge in [0.2, 0.25) is 5.89 Å². The van der Waals surface area contributed by atoms with Gasteiger partial charge in [-0.25, -0.2) is 4.98 Å². The van der Waals surface area contributed by atoms with Gasteiger partial charge in [0.15, 0.2) is 0 Å². The van der Waals surface area contributed by atoms with Crippen LogP contribution < -0.4 is 5.32 Å². The summed E-state index contributed by atoms with van der Waals surface area (Å²) in [5, 5.41) is 14.2. The molecule has 2 N–H and O–H groups in total. The smallest absolute Gasteiger partial charge is 0.320 e. The van der Waals surface area contributed by atoms with Crippen molar-refractivity contribution in [2.24, 2.45) is 5.92 Å². The summed E-state index contributed by atoms with van der Waals surface area (Å²) in [5.74, 6) is 0.802. The molecule has 0 fully saturated rings. The Labute approximate surface area is 128 Å². The summed E-state index contributed by atoms with van der Waals surface area (Å²) in [7, 11) is 0. The Balaban J connectivity index is 2.04. The van der Waals surface area contributed by atoms with E-state index >= 15 is 0 Å². The number of oxazole rings is 1. The van der Waals surface area contributed by atoms with Crippen molar-refractivity contribution in [2.75, 3.05) is 0 Å². The van der Waals surface area contributed by atoms with Crippen molar-refractivity contribution >= 4 is 17.3 Å². The maximum absolute atomic E-state index is 11.2. The predicted octanol–water partition coefficient (Wildman–Crippen LogP) is 3.30. The average Bonchev–Trinajstić information content (AvgIpc) is 3.03. The van der Waals surface area contributed by atoms with E-state index in [0.29, 0.717) is 24.8 Å². The molecule has 1 unspecified atom stereocenters. The molecule has 0 saturated heterocycles. The molecule has 114 valence electrons. The highest BCUT2D eigenvalue weighted by Gasteiger charge is 2.20. The lowest BCUT2D eigenvalue weighted by atomic mass is 10.0. The molecule has 0 bridgehead atoms. The lowest BCUT2D eigenvalue weighted by Gasteiger charge is -2.15. The number of carboxylic acid groups (broad SMARTS) is 1. The van der Waals surface area contributed by atoms with E-state index in [0.717, 1.165) is 16.3 Å². The number of aryl methyl sites for hydroxylation is 1. The standard InChI is InChI=1S/C15H20N2O3S/c1-9(2)7-11(15(18)19)16-8-12-10(3)20-14(17-12)13-5-4-6-21-13/h4-6,9,11,16H,7-8H2,1-3H3,(H,18,19). The summed E-state index contributed by atoms with van der Waals surface area (Å²) in [6, 6.07) is 3.33. The molecule has 5 nitrogen and oxygen atoms in total. The van der Waals surface area contributed by atoms with E-state index in [1.807, 2.05) is 38.3 Å². The molecule has 2 heterocycles. The number of aliphatic carboxylic acids is 1. The summed E-state index contributed by atoms with van der Waals surface area (Å²) in [6.07, 6.45) is 0.587. The van der Waals surface area contributed by atoms with Gasteiger partial charge in [0.1, 0.15) is 11.8 Å². The molecule has 0 radical (unpaired) electrons. The third-order valence-electron chi connectivity index (χ3n) is 3.15. The molecular formula is C15H20N2O3S. The lowest BCUT2D eigenvalue weighted by Crippen LogP contribution is -2.37. The maximum atomic E-state index is 11.2. The minimum absolute atomic E-state index is 0.318. The third kappa shape index (κ3) is 4.15. The number of thiophene rings is 1. The number of carbonyl (C=O) groups is 1. The topological polar surface area (TPSA) is 75.4 Å². The molecule has 0 aliphatic rings. The Morgan fingerprint density at radius 2 is 2.29 bits per heavy atom. The number of carboxylic acids is 1. The van der Waals surface area contributed by atoms with Gasteiger partial charge in [-0.15, -0.1) is 11.3 Å². The molecule has 0 amide bonds. The van der Waals surface area contributed by atoms with Crippen LogP contribution in [0.15, 0.2) is 21.9 Å². The van der Waals surface area contributed by atoms with Gasteiger partial charge in [-0.3, -0.25) is 10.1 Å². The summed E-state index contributed by atoms with van der Waals surface area (Å²) in [5.41, 5.74) is 0.758. The molecule has 1 atom stereocenters. The molecule has 0 spiro atoms. The second kappa shape index (κ2) is 6.87. The zero-order valence-corrected chi connectivity index (χ0v) is 13.2. The molecular weight excluding hydrogens is 288 g/mol. The Kier molecular flexibility index (Phi) is 5.14.